The van der Waals surface area contributed by atoms with Gasteiger partial charge in [-0.15, -0.1) is 0 Å². The van der Waals surface area contributed by atoms with Crippen molar-refractivity contribution in [1.82, 2.24) is 10.3 Å². The van der Waals surface area contributed by atoms with E-state index in [1.807, 2.05) is 37.3 Å². The van der Waals surface area contributed by atoms with Gasteiger partial charge < -0.3 is 29.7 Å². The summed E-state index contributed by atoms with van der Waals surface area (Å²) in [6.45, 7) is 2.09. The van der Waals surface area contributed by atoms with Gasteiger partial charge in [0, 0.05) is 47.2 Å². The molecular weight excluding hydrogens is 484 g/mol. The molecule has 4 heterocycles. The molecule has 1 unspecified atom stereocenters. The second-order valence-corrected chi connectivity index (χ2v) is 9.99. The molecule has 3 aliphatic rings. The Labute approximate surface area is 221 Å². The lowest BCUT2D eigenvalue weighted by Crippen LogP contribution is -2.50. The number of hydrogen-bond acceptors (Lipinski definition) is 7. The van der Waals surface area contributed by atoms with E-state index in [1.54, 1.807) is 31.5 Å². The quantitative estimate of drug-likeness (QED) is 0.505. The van der Waals surface area contributed by atoms with Crippen molar-refractivity contribution in [1.29, 1.82) is 0 Å². The Bertz CT molecular complexity index is 1360. The van der Waals surface area contributed by atoms with Crippen LogP contribution in [-0.4, -0.2) is 48.8 Å². The molecule has 3 aromatic rings. The Hall–Kier alpha value is -4.27. The standard InChI is InChI=1S/C29H30N4O5/c1-17-23(4-3-5-24(17)36-2)29(35)32-20-12-21-8-9-22(13-20)33(21)27-11-6-18(15-30-27)28(34)31-19-7-10-25-26(14-19)38-16-37-25/h3-7,10-11,14-15,20-22H,8-9,12-13,16H2,1-2H3,(H,31,34)(H,32,35)/t20?,21-,22+. The molecule has 38 heavy (non-hydrogen) atoms. The van der Waals surface area contributed by atoms with Crippen LogP contribution in [0.1, 0.15) is 52.0 Å². The van der Waals surface area contributed by atoms with Gasteiger partial charge in [-0.2, -0.15) is 0 Å². The summed E-state index contributed by atoms with van der Waals surface area (Å²) in [5, 5.41) is 6.14. The highest BCUT2D eigenvalue weighted by Crippen LogP contribution is 2.39. The molecule has 1 aromatic heterocycles. The number of rotatable bonds is 6. The first kappa shape index (κ1) is 24.1. The maximum Gasteiger partial charge on any atom is 0.257 e. The molecule has 196 valence electrons. The number of methoxy groups -OCH3 is 1. The lowest BCUT2D eigenvalue weighted by molar-refractivity contribution is 0.0925. The van der Waals surface area contributed by atoms with E-state index in [0.717, 1.165) is 37.1 Å². The number of carbonyl (C=O) groups is 2. The summed E-state index contributed by atoms with van der Waals surface area (Å²) in [4.78, 5) is 32.8. The van der Waals surface area contributed by atoms with E-state index in [9.17, 15) is 9.59 Å². The summed E-state index contributed by atoms with van der Waals surface area (Å²) in [6, 6.07) is 15.3. The van der Waals surface area contributed by atoms with Crippen LogP contribution in [0.3, 0.4) is 0 Å². The fourth-order valence-corrected chi connectivity index (χ4v) is 5.86. The third-order valence-electron chi connectivity index (χ3n) is 7.72. The molecular formula is C29H30N4O5. The second kappa shape index (κ2) is 9.89. The number of benzene rings is 2. The average Bonchev–Trinajstić information content (AvgIpc) is 3.50. The van der Waals surface area contributed by atoms with Crippen molar-refractivity contribution < 1.29 is 23.8 Å². The molecule has 2 bridgehead atoms. The number of ether oxygens (including phenoxy) is 3. The molecule has 0 radical (unpaired) electrons. The van der Waals surface area contributed by atoms with Crippen LogP contribution in [-0.2, 0) is 0 Å². The number of nitrogens with one attached hydrogen (secondary N) is 2. The largest absolute Gasteiger partial charge is 0.496 e. The smallest absolute Gasteiger partial charge is 0.257 e. The molecule has 0 spiro atoms. The topological polar surface area (TPSA) is 102 Å². The van der Waals surface area contributed by atoms with Crippen molar-refractivity contribution in [3.8, 4) is 17.2 Å². The van der Waals surface area contributed by atoms with E-state index >= 15 is 0 Å². The van der Waals surface area contributed by atoms with Gasteiger partial charge in [0.25, 0.3) is 11.8 Å². The van der Waals surface area contributed by atoms with E-state index in [-0.39, 0.29) is 24.6 Å². The van der Waals surface area contributed by atoms with Crippen LogP contribution in [0.5, 0.6) is 17.2 Å². The number of nitrogens with zero attached hydrogens (tertiary/aromatic N) is 2. The molecule has 2 saturated heterocycles. The van der Waals surface area contributed by atoms with Gasteiger partial charge in [0.1, 0.15) is 11.6 Å². The van der Waals surface area contributed by atoms with Crippen LogP contribution in [0.15, 0.2) is 54.7 Å². The Morgan fingerprint density at radius 1 is 1.00 bits per heavy atom. The minimum atomic E-state index is -0.236. The maximum atomic E-state index is 13.0. The van der Waals surface area contributed by atoms with Crippen LogP contribution in [0.2, 0.25) is 0 Å². The highest BCUT2D eigenvalue weighted by Gasteiger charge is 2.42. The van der Waals surface area contributed by atoms with Gasteiger partial charge in [0.2, 0.25) is 6.79 Å². The van der Waals surface area contributed by atoms with E-state index in [2.05, 4.69) is 20.5 Å². The fraction of sp³-hybridized carbons (Fsp3) is 0.345. The Morgan fingerprint density at radius 2 is 1.79 bits per heavy atom. The van der Waals surface area contributed by atoms with Crippen molar-refractivity contribution in [2.75, 3.05) is 24.1 Å². The predicted molar refractivity (Wildman–Crippen MR) is 142 cm³/mol. The van der Waals surface area contributed by atoms with Crippen molar-refractivity contribution in [3.63, 3.8) is 0 Å². The first-order valence-corrected chi connectivity index (χ1v) is 12.9. The number of piperidine rings is 1. The zero-order chi connectivity index (χ0) is 26.2. The molecule has 0 aliphatic carbocycles. The Balaban J connectivity index is 1.09. The lowest BCUT2D eigenvalue weighted by Gasteiger charge is -2.40. The molecule has 2 N–H and O–H groups in total. The summed E-state index contributed by atoms with van der Waals surface area (Å²) in [6.07, 6.45) is 5.46. The summed E-state index contributed by atoms with van der Waals surface area (Å²) >= 11 is 0. The number of hydrogen-bond donors (Lipinski definition) is 2. The molecule has 9 heteroatoms. The summed E-state index contributed by atoms with van der Waals surface area (Å²) < 4.78 is 16.1. The number of pyridine rings is 1. The summed E-state index contributed by atoms with van der Waals surface area (Å²) in [7, 11) is 1.61. The minimum Gasteiger partial charge on any atom is -0.496 e. The third kappa shape index (κ3) is 4.49. The van der Waals surface area contributed by atoms with Crippen LogP contribution in [0.25, 0.3) is 0 Å². The van der Waals surface area contributed by atoms with Gasteiger partial charge in [-0.25, -0.2) is 4.98 Å². The number of carbonyl (C=O) groups excluding carboxylic acids is 2. The van der Waals surface area contributed by atoms with Crippen LogP contribution >= 0.6 is 0 Å². The van der Waals surface area contributed by atoms with Crippen LogP contribution in [0.4, 0.5) is 11.5 Å². The highest BCUT2D eigenvalue weighted by molar-refractivity contribution is 6.04. The van der Waals surface area contributed by atoms with Crippen LogP contribution < -0.4 is 29.7 Å². The van der Waals surface area contributed by atoms with Crippen molar-refractivity contribution in [3.05, 3.63) is 71.4 Å². The van der Waals surface area contributed by atoms with E-state index in [0.29, 0.717) is 46.1 Å². The van der Waals surface area contributed by atoms with Crippen molar-refractivity contribution in [2.45, 2.75) is 50.7 Å². The normalized spacial score (nSPS) is 21.2. The highest BCUT2D eigenvalue weighted by atomic mass is 16.7. The average molecular weight is 515 g/mol. The molecule has 0 saturated carbocycles. The third-order valence-corrected chi connectivity index (χ3v) is 7.72. The van der Waals surface area contributed by atoms with Crippen LogP contribution in [0, 0.1) is 6.92 Å². The predicted octanol–water partition coefficient (Wildman–Crippen LogP) is 4.31. The molecule has 3 atom stereocenters. The lowest BCUT2D eigenvalue weighted by atomic mass is 9.96. The van der Waals surface area contributed by atoms with Gasteiger partial charge in [0.15, 0.2) is 11.5 Å². The van der Waals surface area contributed by atoms with Gasteiger partial charge in [-0.05, 0) is 69.0 Å². The van der Waals surface area contributed by atoms with E-state index in [1.165, 1.54) is 0 Å². The summed E-state index contributed by atoms with van der Waals surface area (Å²) in [5.41, 5.74) is 2.61. The van der Waals surface area contributed by atoms with Crippen molar-refractivity contribution in [2.24, 2.45) is 0 Å². The molecule has 2 amide bonds. The first-order valence-electron chi connectivity index (χ1n) is 12.9. The Kier molecular flexibility index (Phi) is 6.27. The minimum absolute atomic E-state index is 0.0600. The van der Waals surface area contributed by atoms with E-state index < -0.39 is 0 Å². The zero-order valence-electron chi connectivity index (χ0n) is 21.4. The Morgan fingerprint density at radius 3 is 2.53 bits per heavy atom. The SMILES string of the molecule is COc1cccc(C(=O)NC2C[C@H]3CC[C@@H](C2)N3c2ccc(C(=O)Nc3ccc4c(c3)OCO4)cn2)c1C. The number of fused-ring (bicyclic) bond motifs is 3. The van der Waals surface area contributed by atoms with E-state index in [4.69, 9.17) is 14.2 Å². The molecule has 3 aliphatic heterocycles. The van der Waals surface area contributed by atoms with Crippen molar-refractivity contribution >= 4 is 23.3 Å². The number of aromatic nitrogens is 1. The van der Waals surface area contributed by atoms with Gasteiger partial charge in [-0.1, -0.05) is 6.07 Å². The number of anilines is 2. The molecule has 2 fully saturated rings. The van der Waals surface area contributed by atoms with Gasteiger partial charge in [0.05, 0.1) is 12.7 Å². The fourth-order valence-electron chi connectivity index (χ4n) is 5.86. The van der Waals surface area contributed by atoms with Gasteiger partial charge in [-0.3, -0.25) is 9.59 Å². The molecule has 9 nitrogen and oxygen atoms in total. The summed E-state index contributed by atoms with van der Waals surface area (Å²) in [5.74, 6) is 2.57. The van der Waals surface area contributed by atoms with Gasteiger partial charge >= 0.3 is 0 Å². The monoisotopic (exact) mass is 514 g/mol. The second-order valence-electron chi connectivity index (χ2n) is 9.99. The molecule has 6 rings (SSSR count). The molecule has 2 aromatic carbocycles. The zero-order valence-corrected chi connectivity index (χ0v) is 21.4. The number of amides is 2. The first-order chi connectivity index (χ1) is 18.5. The maximum absolute atomic E-state index is 13.0.